The normalized spacial score (nSPS) is 13.1. The van der Waals surface area contributed by atoms with E-state index in [-0.39, 0.29) is 49.6 Å². The Hall–Kier alpha value is -2.45. The molecule has 0 bridgehead atoms. The van der Waals surface area contributed by atoms with E-state index < -0.39 is 24.6 Å². The number of hydrogen-bond donors (Lipinski definition) is 0. The van der Waals surface area contributed by atoms with Gasteiger partial charge in [0.15, 0.2) is 6.10 Å². The lowest BCUT2D eigenvalue weighted by Gasteiger charge is -2.23. The third kappa shape index (κ3) is 21.1. The molecule has 0 N–H and O–H groups in total. The average molecular weight is 656 g/mol. The second-order valence-corrected chi connectivity index (χ2v) is 13.8. The second kappa shape index (κ2) is 25.7. The maximum Gasteiger partial charge on any atom is 0.379 e. The van der Waals surface area contributed by atoms with Crippen molar-refractivity contribution in [3.63, 3.8) is 0 Å². The average Bonchev–Trinajstić information content (AvgIpc) is 3.02. The Balaban J connectivity index is 2.78. The van der Waals surface area contributed by atoms with Gasteiger partial charge in [-0.05, 0) is 31.4 Å². The van der Waals surface area contributed by atoms with E-state index in [9.17, 15) is 24.3 Å². The molecule has 0 aliphatic rings. The second-order valence-electron chi connectivity index (χ2n) is 11.7. The first kappa shape index (κ1) is 40.6. The number of carbonyl (C=O) groups excluding carboxylic acids is 2. The van der Waals surface area contributed by atoms with E-state index in [1.807, 2.05) is 6.92 Å². The first-order valence-electron chi connectivity index (χ1n) is 17.3. The fourth-order valence-corrected chi connectivity index (χ4v) is 6.47. The van der Waals surface area contributed by atoms with Crippen LogP contribution >= 0.6 is 7.60 Å². The van der Waals surface area contributed by atoms with Gasteiger partial charge in [0.05, 0.1) is 17.7 Å². The predicted molar refractivity (Wildman–Crippen MR) is 178 cm³/mol. The summed E-state index contributed by atoms with van der Waals surface area (Å²) >= 11 is 0. The van der Waals surface area contributed by atoms with Crippen molar-refractivity contribution < 1.29 is 37.6 Å². The van der Waals surface area contributed by atoms with E-state index in [1.165, 1.54) is 62.8 Å². The lowest BCUT2D eigenvalue weighted by molar-refractivity contribution is -0.384. The minimum atomic E-state index is -3.73. The molecule has 11 heteroatoms. The summed E-state index contributed by atoms with van der Waals surface area (Å²) in [6, 6.07) is 5.29. The Labute approximate surface area is 271 Å². The molecule has 258 valence electrons. The van der Waals surface area contributed by atoms with Gasteiger partial charge < -0.3 is 14.0 Å². The Bertz CT molecular complexity index is 986. The molecule has 0 aliphatic carbocycles. The zero-order valence-corrected chi connectivity index (χ0v) is 28.9. The highest BCUT2D eigenvalue weighted by Crippen LogP contribution is 2.49. The van der Waals surface area contributed by atoms with Crippen LogP contribution in [-0.4, -0.2) is 42.3 Å². The van der Waals surface area contributed by atoms with Crippen LogP contribution in [0.25, 0.3) is 0 Å². The number of esters is 2. The number of rotatable bonds is 29. The van der Waals surface area contributed by atoms with Crippen molar-refractivity contribution in [2.75, 3.05) is 19.4 Å². The quantitative estimate of drug-likeness (QED) is 0.0272. The molecule has 10 nitrogen and oxygen atoms in total. The van der Waals surface area contributed by atoms with Crippen molar-refractivity contribution in [2.24, 2.45) is 0 Å². The number of nitro groups is 1. The molecule has 1 aromatic rings. The van der Waals surface area contributed by atoms with Gasteiger partial charge in [-0.15, -0.1) is 0 Å². The molecule has 0 aliphatic heterocycles. The van der Waals surface area contributed by atoms with E-state index in [1.54, 1.807) is 0 Å². The molecule has 45 heavy (non-hydrogen) atoms. The lowest BCUT2D eigenvalue weighted by atomic mass is 10.1. The van der Waals surface area contributed by atoms with Crippen molar-refractivity contribution in [2.45, 2.75) is 149 Å². The highest BCUT2D eigenvalue weighted by Gasteiger charge is 2.29. The maximum atomic E-state index is 13.8. The smallest absolute Gasteiger partial charge is 0.379 e. The summed E-state index contributed by atoms with van der Waals surface area (Å²) in [5, 5.41) is 11.0. The topological polar surface area (TPSA) is 131 Å². The van der Waals surface area contributed by atoms with Crippen LogP contribution in [0, 0.1) is 10.1 Å². The van der Waals surface area contributed by atoms with Gasteiger partial charge in [0.25, 0.3) is 5.69 Å². The zero-order valence-electron chi connectivity index (χ0n) is 28.0. The summed E-state index contributed by atoms with van der Waals surface area (Å²) in [7, 11) is -3.73. The van der Waals surface area contributed by atoms with Gasteiger partial charge in [0.1, 0.15) is 12.4 Å². The highest BCUT2D eigenvalue weighted by atomic mass is 31.2. The van der Waals surface area contributed by atoms with Crippen molar-refractivity contribution in [1.82, 2.24) is 0 Å². The maximum absolute atomic E-state index is 13.8. The summed E-state index contributed by atoms with van der Waals surface area (Å²) in [6.07, 6.45) is 17.0. The zero-order chi connectivity index (χ0) is 33.2. The molecular formula is C34H58NO9P. The van der Waals surface area contributed by atoms with Gasteiger partial charge in [-0.3, -0.25) is 24.2 Å². The molecule has 0 unspecified atom stereocenters. The van der Waals surface area contributed by atoms with Crippen LogP contribution in [0.5, 0.6) is 5.75 Å². The van der Waals surface area contributed by atoms with Crippen LogP contribution in [0.4, 0.5) is 5.69 Å². The standard InChI is InChI=1S/C34H58NO9P/c1-4-7-10-12-14-16-18-21-33(36)41-28-32(43-34(37)22-19-17-15-13-11-8-5-2)29-42-45(40,27-20-9-6-3)44-31-25-23-30(24-26-31)35(38)39/h23-26,32H,4-22,27-29H2,1-3H3/t32-,45-/m0/s1. The van der Waals surface area contributed by atoms with E-state index in [4.69, 9.17) is 18.5 Å². The van der Waals surface area contributed by atoms with Gasteiger partial charge >= 0.3 is 19.5 Å². The molecule has 0 amide bonds. The number of carbonyl (C=O) groups is 2. The van der Waals surface area contributed by atoms with E-state index in [0.717, 1.165) is 57.8 Å². The Morgan fingerprint density at radius 1 is 0.711 bits per heavy atom. The van der Waals surface area contributed by atoms with E-state index in [2.05, 4.69) is 13.8 Å². The summed E-state index contributed by atoms with van der Waals surface area (Å²) in [5.41, 5.74) is -0.115. The Kier molecular flexibility index (Phi) is 23.2. The van der Waals surface area contributed by atoms with E-state index in [0.29, 0.717) is 12.8 Å². The molecule has 0 saturated heterocycles. The molecule has 1 aromatic carbocycles. The molecule has 0 radical (unpaired) electrons. The first-order chi connectivity index (χ1) is 21.7. The largest absolute Gasteiger partial charge is 0.462 e. The van der Waals surface area contributed by atoms with Crippen LogP contribution < -0.4 is 4.52 Å². The van der Waals surface area contributed by atoms with Gasteiger partial charge in [0, 0.05) is 25.0 Å². The molecule has 0 fully saturated rings. The minimum absolute atomic E-state index is 0.115. The highest BCUT2D eigenvalue weighted by molar-refractivity contribution is 7.54. The number of hydrogen-bond acceptors (Lipinski definition) is 9. The monoisotopic (exact) mass is 655 g/mol. The predicted octanol–water partition coefficient (Wildman–Crippen LogP) is 10.1. The molecule has 0 aromatic heterocycles. The van der Waals surface area contributed by atoms with Crippen molar-refractivity contribution in [1.29, 1.82) is 0 Å². The van der Waals surface area contributed by atoms with Crippen LogP contribution in [0.3, 0.4) is 0 Å². The summed E-state index contributed by atoms with van der Waals surface area (Å²) in [6.45, 7) is 5.90. The number of unbranched alkanes of at least 4 members (excludes halogenated alkanes) is 14. The van der Waals surface area contributed by atoms with Gasteiger partial charge in [-0.2, -0.15) is 0 Å². The van der Waals surface area contributed by atoms with Gasteiger partial charge in [-0.25, -0.2) is 4.57 Å². The van der Waals surface area contributed by atoms with Crippen molar-refractivity contribution in [3.8, 4) is 5.75 Å². The lowest BCUT2D eigenvalue weighted by Crippen LogP contribution is -2.30. The molecule has 0 spiro atoms. The Morgan fingerprint density at radius 3 is 1.73 bits per heavy atom. The third-order valence-electron chi connectivity index (χ3n) is 7.48. The summed E-state index contributed by atoms with van der Waals surface area (Å²) in [5.74, 6) is -0.614. The fourth-order valence-electron chi connectivity index (χ4n) is 4.75. The molecule has 1 rings (SSSR count). The molecule has 2 atom stereocenters. The van der Waals surface area contributed by atoms with Gasteiger partial charge in [0.2, 0.25) is 0 Å². The third-order valence-corrected chi connectivity index (χ3v) is 9.38. The van der Waals surface area contributed by atoms with Crippen LogP contribution in [0.1, 0.15) is 143 Å². The van der Waals surface area contributed by atoms with Crippen molar-refractivity contribution in [3.05, 3.63) is 34.4 Å². The summed E-state index contributed by atoms with van der Waals surface area (Å²) < 4.78 is 36.4. The molecular weight excluding hydrogens is 597 g/mol. The van der Waals surface area contributed by atoms with Gasteiger partial charge in [-0.1, -0.05) is 111 Å². The molecule has 0 saturated carbocycles. The van der Waals surface area contributed by atoms with Crippen LogP contribution in [-0.2, 0) is 28.2 Å². The fraction of sp³-hybridized carbons (Fsp3) is 0.765. The summed E-state index contributed by atoms with van der Waals surface area (Å²) in [4.78, 5) is 35.6. The van der Waals surface area contributed by atoms with Crippen molar-refractivity contribution >= 4 is 25.2 Å². The SMILES string of the molecule is CCCCCCCCCC(=O)OC[C@@H](CO[P@@](=O)(CCCCC)Oc1ccc([N+](=O)[O-])cc1)OC(=O)CCCCCCCCC. The van der Waals surface area contributed by atoms with Crippen LogP contribution in [0.2, 0.25) is 0 Å². The van der Waals surface area contributed by atoms with E-state index >= 15 is 0 Å². The number of non-ortho nitro benzene ring substituents is 1. The number of ether oxygens (including phenoxy) is 2. The number of nitrogens with zero attached hydrogens (tertiary/aromatic N) is 1. The Morgan fingerprint density at radius 2 is 1.20 bits per heavy atom. The first-order valence-corrected chi connectivity index (χ1v) is 19.0. The number of nitro benzene ring substituents is 1. The minimum Gasteiger partial charge on any atom is -0.462 e. The van der Waals surface area contributed by atoms with Crippen LogP contribution in [0.15, 0.2) is 24.3 Å². The molecule has 0 heterocycles. The number of benzene rings is 1.